The maximum absolute atomic E-state index is 13.6. The second-order valence-corrected chi connectivity index (χ2v) is 6.27. The molecule has 1 aliphatic rings. The lowest BCUT2D eigenvalue weighted by atomic mass is 10.1. The molecule has 0 bridgehead atoms. The molecule has 0 aliphatic carbocycles. The molecule has 1 fully saturated rings. The largest absolute Gasteiger partial charge is 0.481 e. The van der Waals surface area contributed by atoms with Crippen LogP contribution in [0.4, 0.5) is 4.39 Å². The van der Waals surface area contributed by atoms with Crippen molar-refractivity contribution in [2.75, 3.05) is 20.2 Å². The van der Waals surface area contributed by atoms with E-state index in [0.717, 1.165) is 31.6 Å². The topological polar surface area (TPSA) is 54.5 Å². The van der Waals surface area contributed by atoms with Gasteiger partial charge >= 0.3 is 0 Å². The molecule has 5 nitrogen and oxygen atoms in total. The van der Waals surface area contributed by atoms with Crippen LogP contribution in [-0.2, 0) is 17.8 Å². The molecule has 6 heteroatoms. The molecule has 25 heavy (non-hydrogen) atoms. The number of pyridine rings is 1. The van der Waals surface area contributed by atoms with Gasteiger partial charge in [0.05, 0.1) is 13.5 Å². The zero-order valence-electron chi connectivity index (χ0n) is 14.2. The van der Waals surface area contributed by atoms with Gasteiger partial charge in [-0.25, -0.2) is 9.37 Å². The fourth-order valence-corrected chi connectivity index (χ4v) is 3.07. The van der Waals surface area contributed by atoms with Crippen molar-refractivity contribution >= 4 is 5.91 Å². The van der Waals surface area contributed by atoms with Crippen LogP contribution in [0.15, 0.2) is 42.6 Å². The van der Waals surface area contributed by atoms with Gasteiger partial charge in [0, 0.05) is 37.9 Å². The first kappa shape index (κ1) is 17.4. The molecule has 1 atom stereocenters. The summed E-state index contributed by atoms with van der Waals surface area (Å²) in [5, 5.41) is 3.01. The first-order chi connectivity index (χ1) is 12.1. The normalized spacial score (nSPS) is 17.4. The quantitative estimate of drug-likeness (QED) is 0.873. The van der Waals surface area contributed by atoms with Crippen LogP contribution in [0, 0.1) is 5.82 Å². The van der Waals surface area contributed by atoms with E-state index in [-0.39, 0.29) is 24.2 Å². The van der Waals surface area contributed by atoms with E-state index in [1.807, 2.05) is 18.3 Å². The van der Waals surface area contributed by atoms with E-state index >= 15 is 0 Å². The lowest BCUT2D eigenvalue weighted by Crippen LogP contribution is -2.37. The maximum atomic E-state index is 13.6. The van der Waals surface area contributed by atoms with Crippen LogP contribution in [0.5, 0.6) is 5.88 Å². The van der Waals surface area contributed by atoms with Crippen LogP contribution in [0.2, 0.25) is 0 Å². The van der Waals surface area contributed by atoms with Gasteiger partial charge in [-0.3, -0.25) is 9.69 Å². The molecule has 0 spiro atoms. The number of hydrogen-bond acceptors (Lipinski definition) is 4. The van der Waals surface area contributed by atoms with E-state index in [4.69, 9.17) is 4.74 Å². The van der Waals surface area contributed by atoms with E-state index in [1.54, 1.807) is 25.3 Å². The second-order valence-electron chi connectivity index (χ2n) is 6.27. The van der Waals surface area contributed by atoms with E-state index in [9.17, 15) is 9.18 Å². The van der Waals surface area contributed by atoms with Crippen molar-refractivity contribution in [2.45, 2.75) is 25.4 Å². The molecule has 1 amide bonds. The Balaban J connectivity index is 1.47. The third-order valence-corrected chi connectivity index (χ3v) is 4.36. The highest BCUT2D eigenvalue weighted by Crippen LogP contribution is 2.15. The molecular formula is C19H22FN3O2. The van der Waals surface area contributed by atoms with Crippen molar-refractivity contribution in [1.82, 2.24) is 15.2 Å². The highest BCUT2D eigenvalue weighted by atomic mass is 19.1. The molecule has 1 saturated heterocycles. The van der Waals surface area contributed by atoms with E-state index in [0.29, 0.717) is 11.4 Å². The molecule has 0 radical (unpaired) electrons. The van der Waals surface area contributed by atoms with Crippen molar-refractivity contribution in [3.05, 3.63) is 59.5 Å². The van der Waals surface area contributed by atoms with Gasteiger partial charge in [0.25, 0.3) is 0 Å². The van der Waals surface area contributed by atoms with Crippen LogP contribution in [-0.4, -0.2) is 42.0 Å². The Morgan fingerprint density at radius 3 is 2.92 bits per heavy atom. The molecule has 1 unspecified atom stereocenters. The summed E-state index contributed by atoms with van der Waals surface area (Å²) in [7, 11) is 1.59. The minimum Gasteiger partial charge on any atom is -0.481 e. The lowest BCUT2D eigenvalue weighted by molar-refractivity contribution is -0.121. The van der Waals surface area contributed by atoms with Crippen molar-refractivity contribution in [2.24, 2.45) is 0 Å². The summed E-state index contributed by atoms with van der Waals surface area (Å²) >= 11 is 0. The van der Waals surface area contributed by atoms with Gasteiger partial charge < -0.3 is 10.1 Å². The average Bonchev–Trinajstić information content (AvgIpc) is 3.04. The second kappa shape index (κ2) is 8.07. The molecule has 3 rings (SSSR count). The summed E-state index contributed by atoms with van der Waals surface area (Å²) in [4.78, 5) is 18.6. The SMILES string of the molecule is COc1ccc(CN2CCC(NC(=O)Cc3ccccc3F)C2)cn1. The van der Waals surface area contributed by atoms with Gasteiger partial charge in [-0.05, 0) is 23.6 Å². The fourth-order valence-electron chi connectivity index (χ4n) is 3.07. The Labute approximate surface area is 146 Å². The molecule has 2 aromatic rings. The maximum Gasteiger partial charge on any atom is 0.224 e. The zero-order valence-corrected chi connectivity index (χ0v) is 14.2. The summed E-state index contributed by atoms with van der Waals surface area (Å²) in [6.45, 7) is 2.49. The Hall–Kier alpha value is -2.47. The van der Waals surface area contributed by atoms with Crippen LogP contribution >= 0.6 is 0 Å². The van der Waals surface area contributed by atoms with Crippen LogP contribution in [0.1, 0.15) is 17.5 Å². The Morgan fingerprint density at radius 2 is 2.20 bits per heavy atom. The number of ether oxygens (including phenoxy) is 1. The minimum absolute atomic E-state index is 0.0750. The predicted octanol–water partition coefficient (Wildman–Crippen LogP) is 2.16. The van der Waals surface area contributed by atoms with E-state index < -0.39 is 0 Å². The molecule has 1 aliphatic heterocycles. The highest BCUT2D eigenvalue weighted by Gasteiger charge is 2.24. The van der Waals surface area contributed by atoms with Crippen molar-refractivity contribution in [3.63, 3.8) is 0 Å². The van der Waals surface area contributed by atoms with Gasteiger partial charge in [-0.2, -0.15) is 0 Å². The average molecular weight is 343 g/mol. The first-order valence-corrected chi connectivity index (χ1v) is 8.38. The number of halogens is 1. The molecule has 1 aromatic carbocycles. The van der Waals surface area contributed by atoms with Gasteiger partial charge in [0.15, 0.2) is 0 Å². The number of rotatable bonds is 6. The summed E-state index contributed by atoms with van der Waals surface area (Å²) in [6, 6.07) is 10.3. The van der Waals surface area contributed by atoms with Gasteiger partial charge in [0.2, 0.25) is 11.8 Å². The number of amides is 1. The predicted molar refractivity (Wildman–Crippen MR) is 92.7 cm³/mol. The molecular weight excluding hydrogens is 321 g/mol. The Morgan fingerprint density at radius 1 is 1.36 bits per heavy atom. The third-order valence-electron chi connectivity index (χ3n) is 4.36. The van der Waals surface area contributed by atoms with E-state index in [1.165, 1.54) is 6.07 Å². The monoisotopic (exact) mass is 343 g/mol. The summed E-state index contributed by atoms with van der Waals surface area (Å²) in [5.74, 6) is 0.129. The summed E-state index contributed by atoms with van der Waals surface area (Å²) in [5.41, 5.74) is 1.54. The Bertz CT molecular complexity index is 721. The Kier molecular flexibility index (Phi) is 5.60. The number of nitrogens with zero attached hydrogens (tertiary/aromatic N) is 2. The first-order valence-electron chi connectivity index (χ1n) is 8.38. The molecule has 1 N–H and O–H groups in total. The fraction of sp³-hybridized carbons (Fsp3) is 0.368. The lowest BCUT2D eigenvalue weighted by Gasteiger charge is -2.17. The highest BCUT2D eigenvalue weighted by molar-refractivity contribution is 5.79. The van der Waals surface area contributed by atoms with Crippen molar-refractivity contribution < 1.29 is 13.9 Å². The number of benzene rings is 1. The zero-order chi connectivity index (χ0) is 17.6. The number of methoxy groups -OCH3 is 1. The third kappa shape index (κ3) is 4.76. The van der Waals surface area contributed by atoms with Crippen LogP contribution in [0.3, 0.4) is 0 Å². The number of hydrogen-bond donors (Lipinski definition) is 1. The van der Waals surface area contributed by atoms with Gasteiger partial charge in [-0.1, -0.05) is 24.3 Å². The smallest absolute Gasteiger partial charge is 0.224 e. The van der Waals surface area contributed by atoms with Gasteiger partial charge in [-0.15, -0.1) is 0 Å². The molecule has 1 aromatic heterocycles. The molecule has 2 heterocycles. The summed E-state index contributed by atoms with van der Waals surface area (Å²) < 4.78 is 18.7. The van der Waals surface area contributed by atoms with Gasteiger partial charge in [0.1, 0.15) is 5.82 Å². The number of likely N-dealkylation sites (tertiary alicyclic amines) is 1. The standard InChI is InChI=1S/C19H22FN3O2/c1-25-19-7-6-14(11-21-19)12-23-9-8-16(13-23)22-18(24)10-15-4-2-3-5-17(15)20/h2-7,11,16H,8-10,12-13H2,1H3,(H,22,24). The number of aromatic nitrogens is 1. The summed E-state index contributed by atoms with van der Waals surface area (Å²) in [6.07, 6.45) is 2.78. The van der Waals surface area contributed by atoms with Crippen molar-refractivity contribution in [1.29, 1.82) is 0 Å². The molecule has 132 valence electrons. The number of carbonyl (C=O) groups excluding carboxylic acids is 1. The number of nitrogens with one attached hydrogen (secondary N) is 1. The number of carbonyl (C=O) groups is 1. The van der Waals surface area contributed by atoms with Crippen molar-refractivity contribution in [3.8, 4) is 5.88 Å². The van der Waals surface area contributed by atoms with Crippen LogP contribution < -0.4 is 10.1 Å². The minimum atomic E-state index is -0.335. The van der Waals surface area contributed by atoms with Crippen LogP contribution in [0.25, 0.3) is 0 Å². The van der Waals surface area contributed by atoms with E-state index in [2.05, 4.69) is 15.2 Å². The molecule has 0 saturated carbocycles.